The third kappa shape index (κ3) is 3.52. The van der Waals surface area contributed by atoms with Gasteiger partial charge in [-0.2, -0.15) is 0 Å². The van der Waals surface area contributed by atoms with Crippen molar-refractivity contribution in [2.75, 3.05) is 0 Å². The predicted octanol–water partition coefficient (Wildman–Crippen LogP) is 3.55. The summed E-state index contributed by atoms with van der Waals surface area (Å²) in [7, 11) is 0. The fraction of sp³-hybridized carbons (Fsp3) is 0.300. The Morgan fingerprint density at radius 2 is 1.94 bits per heavy atom. The number of para-hydroxylation sites is 1. The highest BCUT2D eigenvalue weighted by atomic mass is 79.9. The summed E-state index contributed by atoms with van der Waals surface area (Å²) in [4.78, 5) is 11.0. The van der Waals surface area contributed by atoms with Crippen molar-refractivity contribution in [3.63, 3.8) is 0 Å². The summed E-state index contributed by atoms with van der Waals surface area (Å²) in [5.41, 5.74) is -0.0933. The van der Waals surface area contributed by atoms with Crippen molar-refractivity contribution in [3.8, 4) is 5.75 Å². The minimum Gasteiger partial charge on any atom is -0.405 e. The van der Waals surface area contributed by atoms with Gasteiger partial charge in [0.2, 0.25) is 0 Å². The highest BCUT2D eigenvalue weighted by Crippen LogP contribution is 2.27. The standard InChI is InChI=1S/C10H8BrF3O2/c1-6(11)9(15)7-4-2-3-5-8(7)16-10(12,13)14/h2-6H,1H3. The molecule has 1 aromatic carbocycles. The molecule has 1 rings (SSSR count). The Labute approximate surface area is 98.5 Å². The lowest BCUT2D eigenvalue weighted by molar-refractivity contribution is -0.274. The lowest BCUT2D eigenvalue weighted by atomic mass is 10.1. The van der Waals surface area contributed by atoms with Gasteiger partial charge in [-0.1, -0.05) is 28.1 Å². The van der Waals surface area contributed by atoms with E-state index in [-0.39, 0.29) is 5.56 Å². The zero-order valence-electron chi connectivity index (χ0n) is 8.22. The molecule has 1 atom stereocenters. The Kier molecular flexibility index (Phi) is 3.96. The molecular weight excluding hydrogens is 289 g/mol. The molecule has 0 spiro atoms. The quantitative estimate of drug-likeness (QED) is 0.630. The molecule has 0 saturated heterocycles. The van der Waals surface area contributed by atoms with Crippen molar-refractivity contribution in [2.24, 2.45) is 0 Å². The van der Waals surface area contributed by atoms with Crippen molar-refractivity contribution >= 4 is 21.7 Å². The number of carbonyl (C=O) groups excluding carboxylic acids is 1. The van der Waals surface area contributed by atoms with Crippen LogP contribution in [0.3, 0.4) is 0 Å². The first-order valence-corrected chi connectivity index (χ1v) is 5.26. The first-order chi connectivity index (χ1) is 7.31. The minimum absolute atomic E-state index is 0.0933. The van der Waals surface area contributed by atoms with Crippen molar-refractivity contribution in [1.29, 1.82) is 0 Å². The van der Waals surface area contributed by atoms with Crippen LogP contribution in [-0.2, 0) is 0 Å². The minimum atomic E-state index is -4.80. The molecule has 0 heterocycles. The summed E-state index contributed by atoms with van der Waals surface area (Å²) >= 11 is 3.00. The first-order valence-electron chi connectivity index (χ1n) is 4.34. The largest absolute Gasteiger partial charge is 0.573 e. The van der Waals surface area contributed by atoms with Gasteiger partial charge >= 0.3 is 6.36 Å². The van der Waals surface area contributed by atoms with Gasteiger partial charge in [0.1, 0.15) is 5.75 Å². The van der Waals surface area contributed by atoms with Crippen LogP contribution in [0.15, 0.2) is 24.3 Å². The smallest absolute Gasteiger partial charge is 0.405 e. The average molecular weight is 297 g/mol. The Bertz CT molecular complexity index is 388. The lowest BCUT2D eigenvalue weighted by Crippen LogP contribution is -2.20. The molecule has 0 aliphatic carbocycles. The van der Waals surface area contributed by atoms with Crippen molar-refractivity contribution in [2.45, 2.75) is 18.1 Å². The molecule has 0 aliphatic rings. The number of ketones is 1. The molecule has 0 aromatic heterocycles. The van der Waals surface area contributed by atoms with E-state index in [0.717, 1.165) is 6.07 Å². The molecule has 2 nitrogen and oxygen atoms in total. The average Bonchev–Trinajstić information content (AvgIpc) is 2.15. The van der Waals surface area contributed by atoms with Crippen LogP contribution in [-0.4, -0.2) is 17.0 Å². The van der Waals surface area contributed by atoms with Crippen LogP contribution in [0.4, 0.5) is 13.2 Å². The fourth-order valence-electron chi connectivity index (χ4n) is 1.10. The summed E-state index contributed by atoms with van der Waals surface area (Å²) in [6, 6.07) is 5.25. The number of alkyl halides is 4. The number of halogens is 4. The van der Waals surface area contributed by atoms with Gasteiger partial charge in [-0.3, -0.25) is 4.79 Å². The maximum absolute atomic E-state index is 12.0. The first kappa shape index (κ1) is 13.0. The van der Waals surface area contributed by atoms with Crippen LogP contribution in [0.5, 0.6) is 5.75 Å². The normalized spacial score (nSPS) is 13.3. The van der Waals surface area contributed by atoms with E-state index in [2.05, 4.69) is 20.7 Å². The molecule has 1 unspecified atom stereocenters. The number of hydrogen-bond acceptors (Lipinski definition) is 2. The molecule has 0 N–H and O–H groups in total. The van der Waals surface area contributed by atoms with E-state index in [9.17, 15) is 18.0 Å². The zero-order valence-corrected chi connectivity index (χ0v) is 9.80. The van der Waals surface area contributed by atoms with Crippen molar-refractivity contribution < 1.29 is 22.7 Å². The Balaban J connectivity index is 3.06. The molecule has 0 fully saturated rings. The van der Waals surface area contributed by atoms with Gasteiger partial charge in [0, 0.05) is 0 Å². The van der Waals surface area contributed by atoms with E-state index in [1.54, 1.807) is 0 Å². The molecule has 6 heteroatoms. The van der Waals surface area contributed by atoms with E-state index in [0.29, 0.717) is 0 Å². The molecular formula is C10H8BrF3O2. The molecule has 1 aromatic rings. The number of benzene rings is 1. The Morgan fingerprint density at radius 1 is 1.38 bits per heavy atom. The maximum Gasteiger partial charge on any atom is 0.573 e. The highest BCUT2D eigenvalue weighted by Gasteiger charge is 2.33. The maximum atomic E-state index is 12.0. The second kappa shape index (κ2) is 4.86. The van der Waals surface area contributed by atoms with E-state index < -0.39 is 22.7 Å². The van der Waals surface area contributed by atoms with Gasteiger partial charge in [-0.25, -0.2) is 0 Å². The van der Waals surface area contributed by atoms with Crippen LogP contribution in [0.25, 0.3) is 0 Å². The van der Waals surface area contributed by atoms with Crippen molar-refractivity contribution in [1.82, 2.24) is 0 Å². The monoisotopic (exact) mass is 296 g/mol. The molecule has 0 bridgehead atoms. The van der Waals surface area contributed by atoms with Crippen LogP contribution in [0.1, 0.15) is 17.3 Å². The van der Waals surface area contributed by atoms with Gasteiger partial charge in [0.05, 0.1) is 10.4 Å². The SMILES string of the molecule is CC(Br)C(=O)c1ccccc1OC(F)(F)F. The molecule has 0 aliphatic heterocycles. The fourth-order valence-corrected chi connectivity index (χ4v) is 1.34. The number of Topliss-reactive ketones (excluding diaryl/α,β-unsaturated/α-hetero) is 1. The Morgan fingerprint density at radius 3 is 2.44 bits per heavy atom. The van der Waals surface area contributed by atoms with Crippen molar-refractivity contribution in [3.05, 3.63) is 29.8 Å². The molecule has 16 heavy (non-hydrogen) atoms. The van der Waals surface area contributed by atoms with E-state index in [1.165, 1.54) is 25.1 Å². The number of rotatable bonds is 3. The van der Waals surface area contributed by atoms with Crippen LogP contribution >= 0.6 is 15.9 Å². The predicted molar refractivity (Wildman–Crippen MR) is 55.8 cm³/mol. The van der Waals surface area contributed by atoms with Crippen LogP contribution in [0.2, 0.25) is 0 Å². The highest BCUT2D eigenvalue weighted by molar-refractivity contribution is 9.10. The summed E-state index contributed by atoms with van der Waals surface area (Å²) in [6.45, 7) is 1.53. The van der Waals surface area contributed by atoms with E-state index in [4.69, 9.17) is 0 Å². The second-order valence-electron chi connectivity index (χ2n) is 3.02. The third-order valence-electron chi connectivity index (χ3n) is 1.74. The lowest BCUT2D eigenvalue weighted by Gasteiger charge is -2.12. The van der Waals surface area contributed by atoms with Gasteiger partial charge < -0.3 is 4.74 Å². The Hall–Kier alpha value is -1.04. The molecule has 0 amide bonds. The topological polar surface area (TPSA) is 26.3 Å². The van der Waals surface area contributed by atoms with Crippen LogP contribution < -0.4 is 4.74 Å². The summed E-state index contributed by atoms with van der Waals surface area (Å²) in [6.07, 6.45) is -4.80. The van der Waals surface area contributed by atoms with Crippen LogP contribution in [0, 0.1) is 0 Å². The van der Waals surface area contributed by atoms with Gasteiger partial charge in [0.15, 0.2) is 5.78 Å². The van der Waals surface area contributed by atoms with Gasteiger partial charge in [-0.05, 0) is 19.1 Å². The van der Waals surface area contributed by atoms with E-state index >= 15 is 0 Å². The third-order valence-corrected chi connectivity index (χ3v) is 2.16. The summed E-state index contributed by atoms with van der Waals surface area (Å²) < 4.78 is 39.9. The zero-order chi connectivity index (χ0) is 12.3. The van der Waals surface area contributed by atoms with Gasteiger partial charge in [-0.15, -0.1) is 13.2 Å². The second-order valence-corrected chi connectivity index (χ2v) is 4.40. The number of carbonyl (C=O) groups is 1. The molecule has 0 radical (unpaired) electrons. The van der Waals surface area contributed by atoms with Gasteiger partial charge in [0.25, 0.3) is 0 Å². The molecule has 88 valence electrons. The number of hydrogen-bond donors (Lipinski definition) is 0. The summed E-state index contributed by atoms with van der Waals surface area (Å²) in [5, 5.41) is 0. The summed E-state index contributed by atoms with van der Waals surface area (Å²) in [5.74, 6) is -0.939. The molecule has 0 saturated carbocycles. The van der Waals surface area contributed by atoms with E-state index in [1.807, 2.05) is 0 Å². The number of ether oxygens (including phenoxy) is 1.